The standard InChI is InChI=1S/C38H53ClN4O9/c1-21-11-10-12-27(50-9)38(48)20-24(51-35(47)41-38)19-36(3)32-33(36)37(32,4)28(52-34(46)22(2)42(6)29(44)13-14-40-5)18-30(45)43(7)25-16-23(15-21)17-26(49-8)31(25)39/h10-12,16-17,22,24,27-28,32-33,40,48H,13-15,18-20H2,1-9H3,(H,41,47)/b12-10+,21-11+/t22-,24+,27+,28-,32?,33?,36?,37?,38-/m0/s1. The minimum atomic E-state index is -1.72. The van der Waals surface area contributed by atoms with Gasteiger partial charge in [-0.25, -0.2) is 9.59 Å². The molecule has 2 unspecified atom stereocenters. The molecule has 2 aliphatic carbocycles. The van der Waals surface area contributed by atoms with E-state index in [2.05, 4.69) is 17.6 Å². The van der Waals surface area contributed by atoms with Gasteiger partial charge in [-0.05, 0) is 68.7 Å². The summed E-state index contributed by atoms with van der Waals surface area (Å²) >= 11 is 6.78. The number of anilines is 1. The van der Waals surface area contributed by atoms with Crippen molar-refractivity contribution in [2.45, 2.75) is 89.9 Å². The topological polar surface area (TPSA) is 156 Å². The van der Waals surface area contributed by atoms with Crippen LogP contribution in [0, 0.1) is 22.7 Å². The van der Waals surface area contributed by atoms with Gasteiger partial charge in [0.1, 0.15) is 35.1 Å². The lowest BCUT2D eigenvalue weighted by atomic mass is 9.72. The molecule has 0 spiro atoms. The maximum Gasteiger partial charge on any atom is 0.409 e. The molecular formula is C38H53ClN4O9. The highest BCUT2D eigenvalue weighted by Gasteiger charge is 2.90. The van der Waals surface area contributed by atoms with Crippen LogP contribution < -0.4 is 20.3 Å². The molecule has 6 rings (SSSR count). The third-order valence-corrected chi connectivity index (χ3v) is 12.2. The van der Waals surface area contributed by atoms with Crippen LogP contribution >= 0.6 is 11.6 Å². The van der Waals surface area contributed by atoms with Gasteiger partial charge in [0.25, 0.3) is 0 Å². The number of halogens is 1. The van der Waals surface area contributed by atoms with E-state index in [-0.39, 0.29) is 53.4 Å². The zero-order valence-electron chi connectivity index (χ0n) is 31.6. The number of hydrogen-bond donors (Lipinski definition) is 3. The van der Waals surface area contributed by atoms with E-state index in [4.69, 9.17) is 30.5 Å². The average molecular weight is 745 g/mol. The largest absolute Gasteiger partial charge is 0.495 e. The molecule has 286 valence electrons. The zero-order valence-corrected chi connectivity index (χ0v) is 32.3. The van der Waals surface area contributed by atoms with Gasteiger partial charge >= 0.3 is 12.1 Å². The number of ether oxygens (including phenoxy) is 4. The van der Waals surface area contributed by atoms with Crippen LogP contribution in [0.3, 0.4) is 0 Å². The van der Waals surface area contributed by atoms with E-state index in [1.165, 1.54) is 24.0 Å². The van der Waals surface area contributed by atoms with Crippen molar-refractivity contribution in [3.63, 3.8) is 0 Å². The summed E-state index contributed by atoms with van der Waals surface area (Å²) in [6.45, 7) is 8.12. The van der Waals surface area contributed by atoms with Crippen LogP contribution in [0.4, 0.5) is 10.5 Å². The molecule has 0 radical (unpaired) electrons. The van der Waals surface area contributed by atoms with Crippen LogP contribution in [0.1, 0.15) is 58.9 Å². The number of carbonyl (C=O) groups is 4. The number of alkyl carbamates (subject to hydrolysis) is 1. The first kappa shape index (κ1) is 39.6. The SMILES string of the molecule is CNCCC(=O)N(C)[C@@H](C)C(=O)O[C@H]1CC(=O)N(C)c2cc(cc(OC)c2Cl)C/C(C)=C/C=C/[C@@H](OC)[C@@]2(O)C[C@@H](CC3(C)C4C3C41C)OC(=O)N2. The summed E-state index contributed by atoms with van der Waals surface area (Å²) in [6.07, 6.45) is 3.46. The molecule has 3 heterocycles. The summed E-state index contributed by atoms with van der Waals surface area (Å²) in [5.74, 6) is -0.635. The second kappa shape index (κ2) is 15.0. The van der Waals surface area contributed by atoms with Crippen LogP contribution in [-0.2, 0) is 35.0 Å². The fourth-order valence-corrected chi connectivity index (χ4v) is 9.09. The van der Waals surface area contributed by atoms with E-state index in [0.717, 1.165) is 11.1 Å². The number of esters is 1. The number of aliphatic hydroxyl groups is 1. The van der Waals surface area contributed by atoms with E-state index in [9.17, 15) is 24.3 Å². The van der Waals surface area contributed by atoms with Crippen LogP contribution in [0.25, 0.3) is 0 Å². The minimum absolute atomic E-state index is 0.0479. The molecule has 3 fully saturated rings. The molecule has 2 saturated carbocycles. The van der Waals surface area contributed by atoms with Crippen molar-refractivity contribution in [1.82, 2.24) is 15.5 Å². The van der Waals surface area contributed by atoms with Gasteiger partial charge in [0, 0.05) is 46.0 Å². The molecule has 1 aromatic rings. The molecule has 7 atom stereocenters. The minimum Gasteiger partial charge on any atom is -0.495 e. The second-order valence-corrected chi connectivity index (χ2v) is 15.7. The lowest BCUT2D eigenvalue weighted by molar-refractivity contribution is -0.165. The smallest absolute Gasteiger partial charge is 0.409 e. The van der Waals surface area contributed by atoms with E-state index < -0.39 is 47.6 Å². The van der Waals surface area contributed by atoms with Crippen LogP contribution in [0.2, 0.25) is 5.02 Å². The third-order valence-electron chi connectivity index (χ3n) is 11.8. The van der Waals surface area contributed by atoms with Crippen molar-refractivity contribution in [3.8, 4) is 5.75 Å². The summed E-state index contributed by atoms with van der Waals surface area (Å²) in [6, 6.07) is 2.77. The lowest BCUT2D eigenvalue weighted by Crippen LogP contribution is -2.62. The van der Waals surface area contributed by atoms with E-state index in [1.807, 2.05) is 32.1 Å². The number of fused-ring (bicyclic) bond motifs is 6. The first-order valence-electron chi connectivity index (χ1n) is 17.8. The fourth-order valence-electron chi connectivity index (χ4n) is 8.77. The van der Waals surface area contributed by atoms with Crippen molar-refractivity contribution in [3.05, 3.63) is 46.5 Å². The third kappa shape index (κ3) is 7.42. The molecule has 5 aliphatic rings. The number of benzene rings is 1. The quantitative estimate of drug-likeness (QED) is 0.333. The predicted molar refractivity (Wildman–Crippen MR) is 195 cm³/mol. The first-order chi connectivity index (χ1) is 24.4. The number of allylic oxidation sites excluding steroid dienone is 3. The normalized spacial score (nSPS) is 35.0. The number of rotatable bonds is 8. The number of hydrogen-bond acceptors (Lipinski definition) is 10. The fraction of sp³-hybridized carbons (Fsp3) is 0.632. The molecule has 3 aliphatic heterocycles. The highest BCUT2D eigenvalue weighted by molar-refractivity contribution is 6.35. The molecule has 6 bridgehead atoms. The van der Waals surface area contributed by atoms with Gasteiger partial charge in [-0.3, -0.25) is 14.9 Å². The van der Waals surface area contributed by atoms with Crippen molar-refractivity contribution < 1.29 is 43.2 Å². The van der Waals surface area contributed by atoms with Gasteiger partial charge in [0.15, 0.2) is 5.72 Å². The Bertz CT molecular complexity index is 1640. The van der Waals surface area contributed by atoms with Crippen molar-refractivity contribution >= 4 is 41.2 Å². The van der Waals surface area contributed by atoms with Crippen molar-refractivity contribution in [1.29, 1.82) is 0 Å². The monoisotopic (exact) mass is 744 g/mol. The molecular weight excluding hydrogens is 692 g/mol. The summed E-state index contributed by atoms with van der Waals surface area (Å²) in [5, 5.41) is 17.5. The van der Waals surface area contributed by atoms with Gasteiger partial charge < -0.3 is 39.2 Å². The van der Waals surface area contributed by atoms with Crippen LogP contribution in [-0.4, -0.2) is 106 Å². The number of methoxy groups -OCH3 is 2. The van der Waals surface area contributed by atoms with E-state index >= 15 is 0 Å². The molecule has 13 nitrogen and oxygen atoms in total. The number of nitrogens with one attached hydrogen (secondary N) is 2. The zero-order chi connectivity index (χ0) is 38.3. The van der Waals surface area contributed by atoms with Gasteiger partial charge in [0.2, 0.25) is 11.8 Å². The second-order valence-electron chi connectivity index (χ2n) is 15.3. The average Bonchev–Trinajstić information content (AvgIpc) is 3.96. The van der Waals surface area contributed by atoms with Gasteiger partial charge in [0.05, 0.1) is 19.2 Å². The molecule has 0 aromatic heterocycles. The van der Waals surface area contributed by atoms with E-state index in [0.29, 0.717) is 30.8 Å². The number of carbonyl (C=O) groups excluding carboxylic acids is 4. The summed E-state index contributed by atoms with van der Waals surface area (Å²) in [4.78, 5) is 56.2. The van der Waals surface area contributed by atoms with Crippen molar-refractivity contribution in [2.75, 3.05) is 46.8 Å². The molecule has 52 heavy (non-hydrogen) atoms. The number of nitrogens with zero attached hydrogens (tertiary/aromatic N) is 2. The van der Waals surface area contributed by atoms with Gasteiger partial charge in [-0.2, -0.15) is 0 Å². The predicted octanol–water partition coefficient (Wildman–Crippen LogP) is 3.99. The molecule has 3 N–H and O–H groups in total. The Hall–Kier alpha value is -3.65. The Morgan fingerprint density at radius 1 is 1.21 bits per heavy atom. The Morgan fingerprint density at radius 2 is 1.90 bits per heavy atom. The number of amides is 3. The lowest BCUT2D eigenvalue weighted by Gasteiger charge is -2.43. The summed E-state index contributed by atoms with van der Waals surface area (Å²) in [5.41, 5.74) is -0.342. The Balaban J connectivity index is 1.51. The Morgan fingerprint density at radius 3 is 2.54 bits per heavy atom. The molecule has 3 amide bonds. The molecule has 14 heteroatoms. The summed E-state index contributed by atoms with van der Waals surface area (Å²) in [7, 11) is 7.93. The van der Waals surface area contributed by atoms with Gasteiger partial charge in [-0.1, -0.05) is 49.2 Å². The molecule has 1 aromatic carbocycles. The van der Waals surface area contributed by atoms with Gasteiger partial charge in [-0.15, -0.1) is 0 Å². The highest BCUT2D eigenvalue weighted by atomic mass is 35.5. The Kier molecular flexibility index (Phi) is 11.4. The van der Waals surface area contributed by atoms with Crippen LogP contribution in [0.5, 0.6) is 5.75 Å². The maximum absolute atomic E-state index is 14.1. The Labute approximate surface area is 311 Å². The molecule has 1 saturated heterocycles. The maximum atomic E-state index is 14.1. The van der Waals surface area contributed by atoms with E-state index in [1.54, 1.807) is 40.2 Å². The number of likely N-dealkylation sites (N-methyl/N-ethyl adjacent to an activating group) is 1. The van der Waals surface area contributed by atoms with Crippen molar-refractivity contribution in [2.24, 2.45) is 22.7 Å². The highest BCUT2D eigenvalue weighted by Crippen LogP contribution is 2.91. The summed E-state index contributed by atoms with van der Waals surface area (Å²) < 4.78 is 23.1. The first-order valence-corrected chi connectivity index (χ1v) is 18.1. The van der Waals surface area contributed by atoms with Crippen LogP contribution in [0.15, 0.2) is 35.9 Å².